The van der Waals surface area contributed by atoms with E-state index in [1.807, 2.05) is 0 Å². The lowest BCUT2D eigenvalue weighted by Gasteiger charge is -2.37. The molecule has 0 aromatic heterocycles. The van der Waals surface area contributed by atoms with Gasteiger partial charge in [-0.2, -0.15) is 0 Å². The highest BCUT2D eigenvalue weighted by Gasteiger charge is 2.27. The molecule has 0 heterocycles. The van der Waals surface area contributed by atoms with Gasteiger partial charge in [0.25, 0.3) is 0 Å². The maximum Gasteiger partial charge on any atom is 0.112 e. The Balaban J connectivity index is 0.0000109. The minimum atomic E-state index is 0. The average Bonchev–Trinajstić information content (AvgIpc) is 2.81. The van der Waals surface area contributed by atoms with E-state index in [0.717, 1.165) is 17.4 Å². The minimum Gasteiger partial charge on any atom is -1.00 e. The third-order valence-electron chi connectivity index (χ3n) is 7.52. The maximum atomic E-state index is 9.97. The minimum absolute atomic E-state index is 0. The molecule has 34 heavy (non-hydrogen) atoms. The predicted octanol–water partition coefficient (Wildman–Crippen LogP) is 6.06. The quantitative estimate of drug-likeness (QED) is 0.132. The van der Waals surface area contributed by atoms with Crippen LogP contribution in [0.15, 0.2) is 30.3 Å². The molecule has 0 radical (unpaired) electrons. The molecule has 0 aliphatic carbocycles. The van der Waals surface area contributed by atoms with E-state index >= 15 is 0 Å². The highest BCUT2D eigenvalue weighted by atomic mass is 79.9. The molecule has 0 fully saturated rings. The van der Waals surface area contributed by atoms with Gasteiger partial charge in [-0.3, -0.25) is 0 Å². The first-order valence-electron chi connectivity index (χ1n) is 14.6. The fourth-order valence-electron chi connectivity index (χ4n) is 5.13. The number of hydrogen-bond acceptors (Lipinski definition) is 1. The Morgan fingerprint density at radius 2 is 1.00 bits per heavy atom. The fourth-order valence-corrected chi connectivity index (χ4v) is 5.13. The highest BCUT2D eigenvalue weighted by Crippen LogP contribution is 2.20. The van der Waals surface area contributed by atoms with Crippen LogP contribution in [-0.2, 0) is 6.54 Å². The number of aliphatic hydroxyl groups is 1. The lowest BCUT2D eigenvalue weighted by molar-refractivity contribution is -0.928. The van der Waals surface area contributed by atoms with Crippen LogP contribution in [0.3, 0.4) is 0 Å². The third kappa shape index (κ3) is 18.0. The average molecular weight is 541 g/mol. The first kappa shape index (κ1) is 33.6. The van der Waals surface area contributed by atoms with Crippen molar-refractivity contribution < 1.29 is 26.6 Å². The normalized spacial score (nSPS) is 12.5. The van der Waals surface area contributed by atoms with E-state index < -0.39 is 0 Å². The summed E-state index contributed by atoms with van der Waals surface area (Å²) >= 11 is 0. The standard InChI is InChI=1S/C31H58NO.BrH/c1-4-5-6-7-8-9-10-11-12-13-14-15-16-17-18-19-20-24-27-31(29-33)32(2,3)28-30-25-22-21-23-26-30;/h21-23,25-26,31,33H,4-20,24,27-29H2,1-3H3;1H/q+1;/p-1. The summed E-state index contributed by atoms with van der Waals surface area (Å²) in [6.45, 7) is 3.58. The number of rotatable bonds is 23. The second kappa shape index (κ2) is 23.0. The van der Waals surface area contributed by atoms with Gasteiger partial charge in [-0.25, -0.2) is 0 Å². The molecule has 200 valence electrons. The van der Waals surface area contributed by atoms with Crippen molar-refractivity contribution in [3.8, 4) is 0 Å². The van der Waals surface area contributed by atoms with Crippen LogP contribution in [0.25, 0.3) is 0 Å². The zero-order valence-corrected chi connectivity index (χ0v) is 24.7. The van der Waals surface area contributed by atoms with E-state index in [9.17, 15) is 5.11 Å². The summed E-state index contributed by atoms with van der Waals surface area (Å²) in [5, 5.41) is 9.97. The van der Waals surface area contributed by atoms with E-state index in [2.05, 4.69) is 51.4 Å². The van der Waals surface area contributed by atoms with Gasteiger partial charge >= 0.3 is 0 Å². The van der Waals surface area contributed by atoms with E-state index in [1.165, 1.54) is 121 Å². The summed E-state index contributed by atoms with van der Waals surface area (Å²) in [4.78, 5) is 0. The van der Waals surface area contributed by atoms with Crippen LogP contribution in [0.1, 0.15) is 134 Å². The molecule has 0 saturated heterocycles. The molecule has 1 aromatic carbocycles. The molecule has 0 aliphatic rings. The van der Waals surface area contributed by atoms with Gasteiger partial charge in [-0.05, 0) is 6.42 Å². The van der Waals surface area contributed by atoms with Crippen molar-refractivity contribution in [1.29, 1.82) is 0 Å². The summed E-state index contributed by atoms with van der Waals surface area (Å²) in [5.74, 6) is 0. The first-order chi connectivity index (χ1) is 16.1. The molecule has 1 N–H and O–H groups in total. The van der Waals surface area contributed by atoms with Crippen LogP contribution < -0.4 is 17.0 Å². The number of hydrogen-bond donors (Lipinski definition) is 1. The van der Waals surface area contributed by atoms with Crippen LogP contribution in [0.4, 0.5) is 0 Å². The summed E-state index contributed by atoms with van der Waals surface area (Å²) < 4.78 is 0.874. The summed E-state index contributed by atoms with van der Waals surface area (Å²) in [6.07, 6.45) is 26.7. The van der Waals surface area contributed by atoms with Crippen LogP contribution in [0, 0.1) is 0 Å². The van der Waals surface area contributed by atoms with Crippen LogP contribution in [0.2, 0.25) is 0 Å². The van der Waals surface area contributed by atoms with E-state index in [4.69, 9.17) is 0 Å². The smallest absolute Gasteiger partial charge is 0.112 e. The van der Waals surface area contributed by atoms with Gasteiger partial charge in [0.1, 0.15) is 12.6 Å². The SMILES string of the molecule is CCCCCCCCCCCCCCCCCCCCC(CO)[N+](C)(C)Cc1ccccc1.[Br-]. The van der Waals surface area contributed by atoms with Gasteiger partial charge < -0.3 is 26.6 Å². The van der Waals surface area contributed by atoms with Crippen molar-refractivity contribution in [3.63, 3.8) is 0 Å². The van der Waals surface area contributed by atoms with Crippen LogP contribution >= 0.6 is 0 Å². The number of benzene rings is 1. The highest BCUT2D eigenvalue weighted by molar-refractivity contribution is 5.13. The Morgan fingerprint density at radius 1 is 0.618 bits per heavy atom. The zero-order valence-electron chi connectivity index (χ0n) is 23.1. The molecular weight excluding hydrogens is 482 g/mol. The van der Waals surface area contributed by atoms with Gasteiger partial charge in [-0.1, -0.05) is 146 Å². The van der Waals surface area contributed by atoms with Gasteiger partial charge in [0, 0.05) is 12.0 Å². The number of unbranched alkanes of at least 4 members (excludes halogenated alkanes) is 17. The van der Waals surface area contributed by atoms with E-state index in [0.29, 0.717) is 12.6 Å². The molecule has 2 nitrogen and oxygen atoms in total. The van der Waals surface area contributed by atoms with Crippen molar-refractivity contribution in [2.75, 3.05) is 20.7 Å². The van der Waals surface area contributed by atoms with E-state index in [1.54, 1.807) is 0 Å². The predicted molar refractivity (Wildman–Crippen MR) is 147 cm³/mol. The lowest BCUT2D eigenvalue weighted by atomic mass is 10.0. The summed E-state index contributed by atoms with van der Waals surface area (Å²) in [6, 6.07) is 11.0. The number of halogens is 1. The van der Waals surface area contributed by atoms with Crippen molar-refractivity contribution in [2.45, 2.75) is 142 Å². The zero-order chi connectivity index (χ0) is 24.0. The maximum absolute atomic E-state index is 9.97. The second-order valence-corrected chi connectivity index (χ2v) is 11.1. The number of nitrogens with zero attached hydrogens (tertiary/aromatic N) is 1. The molecule has 0 spiro atoms. The van der Waals surface area contributed by atoms with Crippen molar-refractivity contribution in [1.82, 2.24) is 0 Å². The molecule has 1 atom stereocenters. The fraction of sp³-hybridized carbons (Fsp3) is 0.806. The Bertz CT molecular complexity index is 533. The monoisotopic (exact) mass is 539 g/mol. The Hall–Kier alpha value is -0.380. The molecule has 0 saturated carbocycles. The first-order valence-corrected chi connectivity index (χ1v) is 14.6. The Kier molecular flexibility index (Phi) is 22.8. The van der Waals surface area contributed by atoms with Gasteiger partial charge in [0.2, 0.25) is 0 Å². The number of quaternary nitrogens is 1. The molecule has 3 heteroatoms. The van der Waals surface area contributed by atoms with Crippen molar-refractivity contribution in [3.05, 3.63) is 35.9 Å². The largest absolute Gasteiger partial charge is 1.00 e. The Morgan fingerprint density at radius 3 is 1.38 bits per heavy atom. The lowest BCUT2D eigenvalue weighted by Crippen LogP contribution is -3.00. The summed E-state index contributed by atoms with van der Waals surface area (Å²) in [7, 11) is 4.53. The second-order valence-electron chi connectivity index (χ2n) is 11.1. The Labute approximate surface area is 224 Å². The number of aliphatic hydroxyl groups excluding tert-OH is 1. The van der Waals surface area contributed by atoms with Gasteiger partial charge in [0.05, 0.1) is 20.7 Å². The van der Waals surface area contributed by atoms with Gasteiger partial charge in [-0.15, -0.1) is 0 Å². The topological polar surface area (TPSA) is 20.2 Å². The molecule has 1 rings (SSSR count). The number of likely N-dealkylation sites (N-methyl/N-ethyl adjacent to an activating group) is 1. The molecule has 1 aromatic rings. The van der Waals surface area contributed by atoms with E-state index in [-0.39, 0.29) is 17.0 Å². The molecular formula is C31H58BrNO. The molecule has 0 bridgehead atoms. The molecule has 0 amide bonds. The van der Waals surface area contributed by atoms with Crippen molar-refractivity contribution >= 4 is 0 Å². The third-order valence-corrected chi connectivity index (χ3v) is 7.52. The molecule has 1 unspecified atom stereocenters. The molecule has 0 aliphatic heterocycles. The van der Waals surface area contributed by atoms with Crippen molar-refractivity contribution in [2.24, 2.45) is 0 Å². The van der Waals surface area contributed by atoms with Gasteiger partial charge in [0.15, 0.2) is 0 Å². The van der Waals surface area contributed by atoms with Crippen LogP contribution in [0.5, 0.6) is 0 Å². The summed E-state index contributed by atoms with van der Waals surface area (Å²) in [5.41, 5.74) is 1.36. The van der Waals surface area contributed by atoms with Crippen LogP contribution in [-0.4, -0.2) is 36.3 Å².